The van der Waals surface area contributed by atoms with Crippen LogP contribution >= 0.6 is 23.2 Å². The smallest absolute Gasteiger partial charge is 0.244 e. The molecule has 2 aromatic rings. The van der Waals surface area contributed by atoms with E-state index in [4.69, 9.17) is 23.2 Å². The van der Waals surface area contributed by atoms with Crippen molar-refractivity contribution in [1.82, 2.24) is 4.90 Å². The van der Waals surface area contributed by atoms with Crippen LogP contribution in [0, 0.1) is 13.8 Å². The van der Waals surface area contributed by atoms with Gasteiger partial charge in [-0.25, -0.2) is 0 Å². The lowest BCUT2D eigenvalue weighted by molar-refractivity contribution is -0.132. The third-order valence-corrected chi connectivity index (χ3v) is 4.57. The van der Waals surface area contributed by atoms with E-state index < -0.39 is 0 Å². The van der Waals surface area contributed by atoms with Crippen molar-refractivity contribution < 1.29 is 9.59 Å². The zero-order chi connectivity index (χ0) is 19.3. The third kappa shape index (κ3) is 5.75. The average molecular weight is 393 g/mol. The molecule has 0 saturated heterocycles. The van der Waals surface area contributed by atoms with Gasteiger partial charge in [-0.15, -0.1) is 0 Å². The highest BCUT2D eigenvalue weighted by molar-refractivity contribution is 6.34. The highest BCUT2D eigenvalue weighted by Crippen LogP contribution is 2.27. The van der Waals surface area contributed by atoms with Gasteiger partial charge in [0.25, 0.3) is 0 Å². The van der Waals surface area contributed by atoms with Gasteiger partial charge in [0.2, 0.25) is 11.8 Å². The van der Waals surface area contributed by atoms with Crippen molar-refractivity contribution in [3.63, 3.8) is 0 Å². The summed E-state index contributed by atoms with van der Waals surface area (Å²) in [7, 11) is 0. The molecule has 0 aromatic heterocycles. The maximum atomic E-state index is 12.4. The lowest BCUT2D eigenvalue weighted by Crippen LogP contribution is -2.38. The number of hydrogen-bond acceptors (Lipinski definition) is 2. The monoisotopic (exact) mass is 392 g/mol. The van der Waals surface area contributed by atoms with Crippen LogP contribution in [0.25, 0.3) is 0 Å². The number of rotatable bonds is 6. The minimum absolute atomic E-state index is 0.0282. The van der Waals surface area contributed by atoms with Crippen LogP contribution in [0.2, 0.25) is 10.0 Å². The van der Waals surface area contributed by atoms with E-state index in [9.17, 15) is 9.59 Å². The Morgan fingerprint density at radius 3 is 2.46 bits per heavy atom. The van der Waals surface area contributed by atoms with Crippen molar-refractivity contribution >= 4 is 40.7 Å². The maximum absolute atomic E-state index is 12.4. The lowest BCUT2D eigenvalue weighted by atomic mass is 10.1. The van der Waals surface area contributed by atoms with E-state index in [1.807, 2.05) is 38.1 Å². The first kappa shape index (κ1) is 20.3. The first-order chi connectivity index (χ1) is 12.3. The van der Waals surface area contributed by atoms with Gasteiger partial charge in [0.1, 0.15) is 0 Å². The van der Waals surface area contributed by atoms with Gasteiger partial charge in [0.05, 0.1) is 17.3 Å². The summed E-state index contributed by atoms with van der Waals surface area (Å²) in [6.45, 7) is 5.69. The van der Waals surface area contributed by atoms with Crippen LogP contribution in [0.3, 0.4) is 0 Å². The maximum Gasteiger partial charge on any atom is 0.244 e. The topological polar surface area (TPSA) is 49.4 Å². The Morgan fingerprint density at radius 2 is 1.85 bits per heavy atom. The number of anilines is 1. The fourth-order valence-electron chi connectivity index (χ4n) is 2.73. The summed E-state index contributed by atoms with van der Waals surface area (Å²) in [5.74, 6) is -0.436. The molecule has 2 aromatic carbocycles. The first-order valence-corrected chi connectivity index (χ1v) is 9.08. The number of nitrogens with zero attached hydrogens (tertiary/aromatic N) is 1. The van der Waals surface area contributed by atoms with Crippen LogP contribution in [0.15, 0.2) is 36.4 Å². The number of aryl methyl sites for hydroxylation is 2. The van der Waals surface area contributed by atoms with Gasteiger partial charge in [-0.2, -0.15) is 0 Å². The molecule has 0 heterocycles. The number of hydrogen-bond donors (Lipinski definition) is 1. The first-order valence-electron chi connectivity index (χ1n) is 8.33. The summed E-state index contributed by atoms with van der Waals surface area (Å²) >= 11 is 12.2. The Labute approximate surface area is 164 Å². The number of benzene rings is 2. The summed E-state index contributed by atoms with van der Waals surface area (Å²) in [6, 6.07) is 11.2. The zero-order valence-corrected chi connectivity index (χ0v) is 16.6. The fraction of sp³-hybridized carbons (Fsp3) is 0.300. The molecule has 0 saturated carbocycles. The molecular weight excluding hydrogens is 371 g/mol. The third-order valence-electron chi connectivity index (χ3n) is 4.04. The summed E-state index contributed by atoms with van der Waals surface area (Å²) in [5.41, 5.74) is 3.51. The second-order valence-electron chi connectivity index (χ2n) is 6.31. The molecule has 0 aliphatic rings. The van der Waals surface area contributed by atoms with Crippen molar-refractivity contribution in [2.45, 2.75) is 27.2 Å². The molecule has 2 rings (SSSR count). The Kier molecular flexibility index (Phi) is 7.06. The Bertz CT molecular complexity index is 798. The molecule has 2 amide bonds. The summed E-state index contributed by atoms with van der Waals surface area (Å²) in [5, 5.41) is 3.95. The van der Waals surface area contributed by atoms with Gasteiger partial charge in [-0.1, -0.05) is 41.4 Å². The van der Waals surface area contributed by atoms with E-state index in [1.54, 1.807) is 12.1 Å². The molecule has 26 heavy (non-hydrogen) atoms. The molecule has 1 N–H and O–H groups in total. The SMILES string of the molecule is CC(=O)N(CCc1cccc(Cl)c1)CC(=O)Nc1c(C)cc(C)cc1Cl. The number of nitrogens with one attached hydrogen (secondary N) is 1. The molecule has 0 radical (unpaired) electrons. The minimum Gasteiger partial charge on any atom is -0.333 e. The fourth-order valence-corrected chi connectivity index (χ4v) is 3.31. The van der Waals surface area contributed by atoms with Crippen molar-refractivity contribution in [2.75, 3.05) is 18.4 Å². The number of amides is 2. The number of carbonyl (C=O) groups is 2. The standard InChI is InChI=1S/C20H22Cl2N2O2/c1-13-9-14(2)20(18(22)10-13)23-19(26)12-24(15(3)25)8-7-16-5-4-6-17(21)11-16/h4-6,9-11H,7-8,12H2,1-3H3,(H,23,26). The molecule has 6 heteroatoms. The Morgan fingerprint density at radius 1 is 1.12 bits per heavy atom. The Hall–Kier alpha value is -2.04. The van der Waals surface area contributed by atoms with Crippen LogP contribution in [-0.4, -0.2) is 29.8 Å². The van der Waals surface area contributed by atoms with E-state index in [-0.39, 0.29) is 18.4 Å². The van der Waals surface area contributed by atoms with Crippen molar-refractivity contribution in [3.05, 3.63) is 63.1 Å². The second-order valence-corrected chi connectivity index (χ2v) is 7.15. The van der Waals surface area contributed by atoms with Gasteiger partial charge >= 0.3 is 0 Å². The normalized spacial score (nSPS) is 10.5. The number of carbonyl (C=O) groups excluding carboxylic acids is 2. The minimum atomic E-state index is -0.278. The second kappa shape index (κ2) is 9.06. The van der Waals surface area contributed by atoms with Crippen molar-refractivity contribution in [3.8, 4) is 0 Å². The lowest BCUT2D eigenvalue weighted by Gasteiger charge is -2.21. The largest absolute Gasteiger partial charge is 0.333 e. The molecule has 0 fully saturated rings. The van der Waals surface area contributed by atoms with Crippen LogP contribution < -0.4 is 5.32 Å². The zero-order valence-electron chi connectivity index (χ0n) is 15.1. The average Bonchev–Trinajstić information content (AvgIpc) is 2.54. The van der Waals surface area contributed by atoms with Crippen LogP contribution in [-0.2, 0) is 16.0 Å². The number of halogens is 2. The Balaban J connectivity index is 2.01. The molecule has 0 aliphatic carbocycles. The van der Waals surface area contributed by atoms with Gasteiger partial charge in [0, 0.05) is 18.5 Å². The molecule has 0 bridgehead atoms. The van der Waals surface area contributed by atoms with Crippen molar-refractivity contribution in [2.24, 2.45) is 0 Å². The van der Waals surface area contributed by atoms with E-state index in [2.05, 4.69) is 5.32 Å². The van der Waals surface area contributed by atoms with Crippen molar-refractivity contribution in [1.29, 1.82) is 0 Å². The van der Waals surface area contributed by atoms with Crippen LogP contribution in [0.1, 0.15) is 23.6 Å². The van der Waals surface area contributed by atoms with E-state index >= 15 is 0 Å². The summed E-state index contributed by atoms with van der Waals surface area (Å²) in [6.07, 6.45) is 0.623. The molecule has 0 atom stereocenters. The van der Waals surface area contributed by atoms with Crippen LogP contribution in [0.4, 0.5) is 5.69 Å². The molecular formula is C20H22Cl2N2O2. The molecule has 0 aliphatic heterocycles. The van der Waals surface area contributed by atoms with E-state index in [0.717, 1.165) is 16.7 Å². The highest BCUT2D eigenvalue weighted by Gasteiger charge is 2.16. The summed E-state index contributed by atoms with van der Waals surface area (Å²) in [4.78, 5) is 25.8. The summed E-state index contributed by atoms with van der Waals surface area (Å²) < 4.78 is 0. The molecule has 0 spiro atoms. The predicted molar refractivity (Wildman–Crippen MR) is 107 cm³/mol. The highest BCUT2D eigenvalue weighted by atomic mass is 35.5. The van der Waals surface area contributed by atoms with Crippen LogP contribution in [0.5, 0.6) is 0 Å². The van der Waals surface area contributed by atoms with E-state index in [0.29, 0.717) is 28.7 Å². The molecule has 138 valence electrons. The van der Waals surface area contributed by atoms with Gasteiger partial charge in [0.15, 0.2) is 0 Å². The van der Waals surface area contributed by atoms with Gasteiger partial charge < -0.3 is 10.2 Å². The van der Waals surface area contributed by atoms with Gasteiger partial charge in [-0.05, 0) is 55.2 Å². The quantitative estimate of drug-likeness (QED) is 0.777. The molecule has 0 unspecified atom stereocenters. The molecule has 4 nitrogen and oxygen atoms in total. The van der Waals surface area contributed by atoms with E-state index in [1.165, 1.54) is 11.8 Å². The van der Waals surface area contributed by atoms with Gasteiger partial charge in [-0.3, -0.25) is 9.59 Å². The predicted octanol–water partition coefficient (Wildman–Crippen LogP) is 4.64.